The van der Waals surface area contributed by atoms with Crippen molar-refractivity contribution in [2.45, 2.75) is 20.3 Å². The summed E-state index contributed by atoms with van der Waals surface area (Å²) in [5, 5.41) is 0. The summed E-state index contributed by atoms with van der Waals surface area (Å²) in [6.07, 6.45) is 1.01. The molecule has 0 aliphatic rings. The summed E-state index contributed by atoms with van der Waals surface area (Å²) in [6.45, 7) is 5.45. The minimum Gasteiger partial charge on any atom is -0.494 e. The maximum absolute atomic E-state index is 5.43. The lowest BCUT2D eigenvalue weighted by molar-refractivity contribution is 0.309. The van der Waals surface area contributed by atoms with Gasteiger partial charge in [0.2, 0.25) is 0 Å². The minimum absolute atomic E-state index is 0.672. The maximum Gasteiger partial charge on any atom is 0.123 e. The van der Waals surface area contributed by atoms with Crippen molar-refractivity contribution in [3.8, 4) is 11.5 Å². The standard InChI is InChI=1S/C11H15O2/c1-3-8-13-11-7-5-6-10(9-11)12-4-2/h6-7,9H,3-4,8H2,1-2H3. The average Bonchev–Trinajstić information content (AvgIpc) is 2.16. The molecule has 0 saturated heterocycles. The van der Waals surface area contributed by atoms with Gasteiger partial charge in [0.15, 0.2) is 0 Å². The van der Waals surface area contributed by atoms with Crippen molar-refractivity contribution in [1.29, 1.82) is 0 Å². The molecule has 71 valence electrons. The predicted molar refractivity (Wildman–Crippen MR) is 52.2 cm³/mol. The monoisotopic (exact) mass is 179 g/mol. The van der Waals surface area contributed by atoms with E-state index in [1.54, 1.807) is 0 Å². The van der Waals surface area contributed by atoms with Crippen LogP contribution in [0, 0.1) is 6.07 Å². The van der Waals surface area contributed by atoms with E-state index in [9.17, 15) is 0 Å². The number of ether oxygens (including phenoxy) is 2. The van der Waals surface area contributed by atoms with E-state index in [2.05, 4.69) is 13.0 Å². The molecule has 0 amide bonds. The molecule has 0 aromatic heterocycles. The Kier molecular flexibility index (Phi) is 4.16. The Bertz CT molecular complexity index is 246. The van der Waals surface area contributed by atoms with E-state index in [0.717, 1.165) is 24.5 Å². The van der Waals surface area contributed by atoms with Crippen LogP contribution in [0.3, 0.4) is 0 Å². The van der Waals surface area contributed by atoms with Gasteiger partial charge in [0.25, 0.3) is 0 Å². The highest BCUT2D eigenvalue weighted by Crippen LogP contribution is 2.18. The maximum atomic E-state index is 5.43. The van der Waals surface area contributed by atoms with Crippen LogP contribution in [0.25, 0.3) is 0 Å². The van der Waals surface area contributed by atoms with Crippen LogP contribution in [-0.2, 0) is 0 Å². The first-order valence-electron chi connectivity index (χ1n) is 4.63. The van der Waals surface area contributed by atoms with Crippen molar-refractivity contribution in [2.24, 2.45) is 0 Å². The van der Waals surface area contributed by atoms with Gasteiger partial charge in [-0.1, -0.05) is 6.92 Å². The van der Waals surface area contributed by atoms with Crippen molar-refractivity contribution >= 4 is 0 Å². The Hall–Kier alpha value is -1.18. The molecule has 2 nitrogen and oxygen atoms in total. The molecule has 0 atom stereocenters. The molecule has 1 aromatic rings. The normalized spacial score (nSPS) is 9.69. The van der Waals surface area contributed by atoms with Crippen LogP contribution in [0.4, 0.5) is 0 Å². The van der Waals surface area contributed by atoms with E-state index < -0.39 is 0 Å². The summed E-state index contributed by atoms with van der Waals surface area (Å²) < 4.78 is 10.7. The molecule has 0 heterocycles. The first-order valence-corrected chi connectivity index (χ1v) is 4.63. The van der Waals surface area contributed by atoms with Crippen molar-refractivity contribution in [2.75, 3.05) is 13.2 Å². The van der Waals surface area contributed by atoms with Gasteiger partial charge >= 0.3 is 0 Å². The molecule has 2 heteroatoms. The average molecular weight is 179 g/mol. The highest BCUT2D eigenvalue weighted by atomic mass is 16.5. The van der Waals surface area contributed by atoms with Gasteiger partial charge < -0.3 is 9.47 Å². The topological polar surface area (TPSA) is 18.5 Å². The molecule has 1 radical (unpaired) electrons. The second-order valence-corrected chi connectivity index (χ2v) is 2.69. The Morgan fingerprint density at radius 3 is 2.46 bits per heavy atom. The van der Waals surface area contributed by atoms with Crippen LogP contribution in [0.1, 0.15) is 20.3 Å². The lowest BCUT2D eigenvalue weighted by atomic mass is 10.3. The fourth-order valence-corrected chi connectivity index (χ4v) is 0.983. The lowest BCUT2D eigenvalue weighted by Crippen LogP contribution is -1.96. The SMILES string of the molecule is CCCOc1c[c]cc(OCC)c1. The molecule has 0 N–H and O–H groups in total. The van der Waals surface area contributed by atoms with Crippen LogP contribution in [-0.4, -0.2) is 13.2 Å². The number of benzene rings is 1. The quantitative estimate of drug-likeness (QED) is 0.691. The summed E-state index contributed by atoms with van der Waals surface area (Å²) in [5.74, 6) is 1.64. The van der Waals surface area contributed by atoms with Gasteiger partial charge in [-0.15, -0.1) is 0 Å². The van der Waals surface area contributed by atoms with Crippen LogP contribution >= 0.6 is 0 Å². The van der Waals surface area contributed by atoms with Crippen molar-refractivity contribution < 1.29 is 9.47 Å². The molecule has 0 spiro atoms. The fraction of sp³-hybridized carbons (Fsp3) is 0.455. The third kappa shape index (κ3) is 3.36. The Morgan fingerprint density at radius 2 is 1.85 bits per heavy atom. The fourth-order valence-electron chi connectivity index (χ4n) is 0.983. The first-order chi connectivity index (χ1) is 6.36. The molecule has 0 aliphatic carbocycles. The molecule has 0 aliphatic heterocycles. The van der Waals surface area contributed by atoms with E-state index >= 15 is 0 Å². The van der Waals surface area contributed by atoms with Crippen molar-refractivity contribution in [3.05, 3.63) is 24.3 Å². The first kappa shape index (κ1) is 9.90. The molecule has 0 fully saturated rings. The smallest absolute Gasteiger partial charge is 0.123 e. The highest BCUT2D eigenvalue weighted by molar-refractivity contribution is 5.32. The van der Waals surface area contributed by atoms with Crippen molar-refractivity contribution in [3.63, 3.8) is 0 Å². The molecule has 0 bridgehead atoms. The highest BCUT2D eigenvalue weighted by Gasteiger charge is 1.95. The number of rotatable bonds is 5. The van der Waals surface area contributed by atoms with E-state index in [4.69, 9.17) is 9.47 Å². The molecular formula is C11H15O2. The van der Waals surface area contributed by atoms with Gasteiger partial charge in [-0.25, -0.2) is 0 Å². The van der Waals surface area contributed by atoms with Crippen LogP contribution in [0.15, 0.2) is 18.2 Å². The zero-order valence-electron chi connectivity index (χ0n) is 8.17. The second kappa shape index (κ2) is 5.46. The van der Waals surface area contributed by atoms with Crippen molar-refractivity contribution in [1.82, 2.24) is 0 Å². The van der Waals surface area contributed by atoms with Gasteiger partial charge in [-0.3, -0.25) is 0 Å². The molecule has 0 saturated carbocycles. The summed E-state index contributed by atoms with van der Waals surface area (Å²) in [5.41, 5.74) is 0. The lowest BCUT2D eigenvalue weighted by Gasteiger charge is -2.06. The van der Waals surface area contributed by atoms with Gasteiger partial charge in [-0.2, -0.15) is 0 Å². The number of hydrogen-bond acceptors (Lipinski definition) is 2. The summed E-state index contributed by atoms with van der Waals surface area (Å²) in [4.78, 5) is 0. The molecule has 13 heavy (non-hydrogen) atoms. The predicted octanol–water partition coefficient (Wildman–Crippen LogP) is 2.67. The van der Waals surface area contributed by atoms with Gasteiger partial charge in [-0.05, 0) is 31.5 Å². The molecule has 1 aromatic carbocycles. The van der Waals surface area contributed by atoms with Gasteiger partial charge in [0.05, 0.1) is 13.2 Å². The summed E-state index contributed by atoms with van der Waals surface area (Å²) in [6, 6.07) is 8.48. The van der Waals surface area contributed by atoms with Crippen LogP contribution < -0.4 is 9.47 Å². The summed E-state index contributed by atoms with van der Waals surface area (Å²) >= 11 is 0. The zero-order valence-corrected chi connectivity index (χ0v) is 8.17. The van der Waals surface area contributed by atoms with E-state index in [-0.39, 0.29) is 0 Å². The third-order valence-corrected chi connectivity index (χ3v) is 1.52. The summed E-state index contributed by atoms with van der Waals surface area (Å²) in [7, 11) is 0. The Balaban J connectivity index is 2.56. The van der Waals surface area contributed by atoms with Crippen LogP contribution in [0.5, 0.6) is 11.5 Å². The molecule has 0 unspecified atom stereocenters. The molecular weight excluding hydrogens is 164 g/mol. The number of hydrogen-bond donors (Lipinski definition) is 0. The van der Waals surface area contributed by atoms with Gasteiger partial charge in [0, 0.05) is 6.07 Å². The van der Waals surface area contributed by atoms with Gasteiger partial charge in [0.1, 0.15) is 11.5 Å². The molecule has 1 rings (SSSR count). The Morgan fingerprint density at radius 1 is 1.15 bits per heavy atom. The van der Waals surface area contributed by atoms with Crippen LogP contribution in [0.2, 0.25) is 0 Å². The third-order valence-electron chi connectivity index (χ3n) is 1.52. The minimum atomic E-state index is 0.672. The second-order valence-electron chi connectivity index (χ2n) is 2.69. The van der Waals surface area contributed by atoms with E-state index in [1.807, 2.05) is 25.1 Å². The van der Waals surface area contributed by atoms with E-state index in [0.29, 0.717) is 6.61 Å². The van der Waals surface area contributed by atoms with E-state index in [1.165, 1.54) is 0 Å². The largest absolute Gasteiger partial charge is 0.494 e. The Labute approximate surface area is 79.5 Å². The zero-order chi connectivity index (χ0) is 9.52.